The average Bonchev–Trinajstić information content (AvgIpc) is 2.44. The van der Waals surface area contributed by atoms with Gasteiger partial charge in [0.2, 0.25) is 0 Å². The first-order valence-corrected chi connectivity index (χ1v) is 6.85. The van der Waals surface area contributed by atoms with Crippen LogP contribution >= 0.6 is 0 Å². The topological polar surface area (TPSA) is 12.0 Å². The van der Waals surface area contributed by atoms with Crippen LogP contribution in [0.3, 0.4) is 0 Å². The number of nitrogens with one attached hydrogen (secondary N) is 1. The highest BCUT2D eigenvalue weighted by Gasteiger charge is 1.97. The molecule has 19 heavy (non-hydrogen) atoms. The molecule has 0 bridgehead atoms. The summed E-state index contributed by atoms with van der Waals surface area (Å²) >= 11 is 0. The lowest BCUT2D eigenvalue weighted by Gasteiger charge is -2.07. The van der Waals surface area contributed by atoms with Crippen LogP contribution < -0.4 is 5.32 Å². The molecule has 1 N–H and O–H groups in total. The average molecular weight is 257 g/mol. The number of unbranched alkanes of at least 4 members (excludes halogenated alkanes) is 1. The van der Waals surface area contributed by atoms with Crippen LogP contribution in [-0.4, -0.2) is 0 Å². The zero-order chi connectivity index (χ0) is 13.5. The molecule has 100 valence electrons. The summed E-state index contributed by atoms with van der Waals surface area (Å²) in [5, 5.41) is 3.22. The highest BCUT2D eigenvalue weighted by Crippen LogP contribution is 2.12. The summed E-state index contributed by atoms with van der Waals surface area (Å²) in [6.45, 7) is 2.93. The van der Waals surface area contributed by atoms with Crippen molar-refractivity contribution in [3.8, 4) is 0 Å². The highest BCUT2D eigenvalue weighted by atomic mass is 19.1. The predicted molar refractivity (Wildman–Crippen MR) is 78.8 cm³/mol. The summed E-state index contributed by atoms with van der Waals surface area (Å²) in [5.74, 6) is -0.208. The molecule has 2 aromatic carbocycles. The van der Waals surface area contributed by atoms with Gasteiger partial charge in [-0.3, -0.25) is 0 Å². The largest absolute Gasteiger partial charge is 0.381 e. The Morgan fingerprint density at radius 3 is 2.42 bits per heavy atom. The van der Waals surface area contributed by atoms with Gasteiger partial charge in [0.1, 0.15) is 5.82 Å². The lowest BCUT2D eigenvalue weighted by Crippen LogP contribution is -1.99. The fourth-order valence-corrected chi connectivity index (χ4v) is 2.01. The van der Waals surface area contributed by atoms with Gasteiger partial charge in [-0.25, -0.2) is 4.39 Å². The van der Waals surface area contributed by atoms with E-state index in [1.165, 1.54) is 36.1 Å². The van der Waals surface area contributed by atoms with Gasteiger partial charge >= 0.3 is 0 Å². The molecule has 0 atom stereocenters. The van der Waals surface area contributed by atoms with Gasteiger partial charge in [-0.2, -0.15) is 0 Å². The van der Waals surface area contributed by atoms with Crippen LogP contribution in [0.1, 0.15) is 30.9 Å². The van der Waals surface area contributed by atoms with Crippen LogP contribution in [0, 0.1) is 5.82 Å². The molecule has 0 unspecified atom stereocenters. The molecule has 0 amide bonds. The number of hydrogen-bond acceptors (Lipinski definition) is 1. The van der Waals surface area contributed by atoms with Crippen molar-refractivity contribution in [2.24, 2.45) is 0 Å². The van der Waals surface area contributed by atoms with Gasteiger partial charge in [0.25, 0.3) is 0 Å². The normalized spacial score (nSPS) is 10.4. The SMILES string of the molecule is CCCCc1ccc(CNc2cccc(F)c2)cc1. The van der Waals surface area contributed by atoms with Crippen LogP contribution in [0.25, 0.3) is 0 Å². The molecule has 1 nitrogen and oxygen atoms in total. The Labute approximate surface area is 114 Å². The van der Waals surface area contributed by atoms with Gasteiger partial charge in [0.15, 0.2) is 0 Å². The van der Waals surface area contributed by atoms with Crippen molar-refractivity contribution in [2.45, 2.75) is 32.7 Å². The Hall–Kier alpha value is -1.83. The Morgan fingerprint density at radius 2 is 1.74 bits per heavy atom. The molecular formula is C17H20FN. The van der Waals surface area contributed by atoms with Crippen molar-refractivity contribution >= 4 is 5.69 Å². The van der Waals surface area contributed by atoms with E-state index in [1.807, 2.05) is 6.07 Å². The van der Waals surface area contributed by atoms with E-state index in [9.17, 15) is 4.39 Å². The van der Waals surface area contributed by atoms with Crippen LogP contribution in [0.4, 0.5) is 10.1 Å². The first kappa shape index (κ1) is 13.6. The molecule has 0 aliphatic rings. The Kier molecular flexibility index (Phi) is 4.96. The van der Waals surface area contributed by atoms with E-state index in [0.717, 1.165) is 18.7 Å². The van der Waals surface area contributed by atoms with Gasteiger partial charge in [0, 0.05) is 12.2 Å². The van der Waals surface area contributed by atoms with Crippen LogP contribution in [0.15, 0.2) is 48.5 Å². The van der Waals surface area contributed by atoms with Gasteiger partial charge in [0.05, 0.1) is 0 Å². The minimum absolute atomic E-state index is 0.208. The summed E-state index contributed by atoms with van der Waals surface area (Å²) in [5.41, 5.74) is 3.41. The molecule has 0 spiro atoms. The third-order valence-corrected chi connectivity index (χ3v) is 3.16. The zero-order valence-corrected chi connectivity index (χ0v) is 11.3. The lowest BCUT2D eigenvalue weighted by atomic mass is 10.1. The van der Waals surface area contributed by atoms with E-state index in [1.54, 1.807) is 6.07 Å². The third-order valence-electron chi connectivity index (χ3n) is 3.16. The second kappa shape index (κ2) is 6.93. The van der Waals surface area contributed by atoms with Crippen LogP contribution in [0.2, 0.25) is 0 Å². The van der Waals surface area contributed by atoms with Gasteiger partial charge < -0.3 is 5.32 Å². The standard InChI is InChI=1S/C17H20FN/c1-2-3-5-14-8-10-15(11-9-14)13-19-17-7-4-6-16(18)12-17/h4,6-12,19H,2-3,5,13H2,1H3. The van der Waals surface area contributed by atoms with E-state index in [0.29, 0.717) is 0 Å². The molecule has 0 radical (unpaired) electrons. The first-order valence-electron chi connectivity index (χ1n) is 6.85. The van der Waals surface area contributed by atoms with Crippen molar-refractivity contribution in [3.63, 3.8) is 0 Å². The second-order valence-corrected chi connectivity index (χ2v) is 4.78. The fraction of sp³-hybridized carbons (Fsp3) is 0.294. The van der Waals surface area contributed by atoms with Crippen molar-refractivity contribution < 1.29 is 4.39 Å². The van der Waals surface area contributed by atoms with E-state index in [4.69, 9.17) is 0 Å². The van der Waals surface area contributed by atoms with Gasteiger partial charge in [-0.05, 0) is 42.2 Å². The maximum atomic E-state index is 13.0. The van der Waals surface area contributed by atoms with E-state index < -0.39 is 0 Å². The quantitative estimate of drug-likeness (QED) is 0.785. The zero-order valence-electron chi connectivity index (χ0n) is 11.3. The monoisotopic (exact) mass is 257 g/mol. The number of aryl methyl sites for hydroxylation is 1. The van der Waals surface area contributed by atoms with Crippen molar-refractivity contribution in [2.75, 3.05) is 5.32 Å². The molecule has 0 aromatic heterocycles. The molecule has 0 saturated heterocycles. The van der Waals surface area contributed by atoms with Gasteiger partial charge in [-0.1, -0.05) is 43.7 Å². The number of benzene rings is 2. The number of anilines is 1. The fourth-order valence-electron chi connectivity index (χ4n) is 2.01. The Morgan fingerprint density at radius 1 is 1.00 bits per heavy atom. The molecule has 2 rings (SSSR count). The summed E-state index contributed by atoms with van der Waals surface area (Å²) in [6, 6.07) is 15.2. The minimum atomic E-state index is -0.208. The van der Waals surface area contributed by atoms with E-state index >= 15 is 0 Å². The molecule has 0 saturated carbocycles. The Balaban J connectivity index is 1.89. The molecule has 0 aliphatic heterocycles. The molecule has 0 fully saturated rings. The summed E-state index contributed by atoms with van der Waals surface area (Å²) in [7, 11) is 0. The maximum Gasteiger partial charge on any atom is 0.125 e. The van der Waals surface area contributed by atoms with Crippen LogP contribution in [0.5, 0.6) is 0 Å². The summed E-state index contributed by atoms with van der Waals surface area (Å²) in [6.07, 6.45) is 3.61. The van der Waals surface area contributed by atoms with Crippen molar-refractivity contribution in [1.82, 2.24) is 0 Å². The van der Waals surface area contributed by atoms with E-state index in [-0.39, 0.29) is 5.82 Å². The summed E-state index contributed by atoms with van der Waals surface area (Å²) in [4.78, 5) is 0. The maximum absolute atomic E-state index is 13.0. The molecule has 0 aliphatic carbocycles. The van der Waals surface area contributed by atoms with Gasteiger partial charge in [-0.15, -0.1) is 0 Å². The highest BCUT2D eigenvalue weighted by molar-refractivity contribution is 5.43. The number of hydrogen-bond donors (Lipinski definition) is 1. The predicted octanol–water partition coefficient (Wildman–Crippen LogP) is 4.78. The molecule has 2 aromatic rings. The molecule has 0 heterocycles. The first-order chi connectivity index (χ1) is 9.28. The third kappa shape index (κ3) is 4.40. The number of halogens is 1. The van der Waals surface area contributed by atoms with Crippen molar-refractivity contribution in [3.05, 3.63) is 65.5 Å². The lowest BCUT2D eigenvalue weighted by molar-refractivity contribution is 0.628. The molecule has 2 heteroatoms. The molecular weight excluding hydrogens is 237 g/mol. The number of rotatable bonds is 6. The Bertz CT molecular complexity index is 505. The second-order valence-electron chi connectivity index (χ2n) is 4.78. The smallest absolute Gasteiger partial charge is 0.125 e. The van der Waals surface area contributed by atoms with Crippen LogP contribution in [-0.2, 0) is 13.0 Å². The minimum Gasteiger partial charge on any atom is -0.381 e. The van der Waals surface area contributed by atoms with Crippen molar-refractivity contribution in [1.29, 1.82) is 0 Å². The van der Waals surface area contributed by atoms with E-state index in [2.05, 4.69) is 36.5 Å². The summed E-state index contributed by atoms with van der Waals surface area (Å²) < 4.78 is 13.0.